The van der Waals surface area contributed by atoms with Crippen molar-refractivity contribution < 1.29 is 9.53 Å². The summed E-state index contributed by atoms with van der Waals surface area (Å²) in [6.45, 7) is 5.29. The van der Waals surface area contributed by atoms with Crippen LogP contribution < -0.4 is 11.1 Å². The average molecular weight is 278 g/mol. The highest BCUT2D eigenvalue weighted by Gasteiger charge is 2.06. The number of hydrogen-bond donors (Lipinski definition) is 2. The molecule has 0 atom stereocenters. The normalized spacial score (nSPS) is 10.5. The molecule has 20 heavy (non-hydrogen) atoms. The van der Waals surface area contributed by atoms with Gasteiger partial charge in [0.2, 0.25) is 5.91 Å². The smallest absolute Gasteiger partial charge is 0.226 e. The van der Waals surface area contributed by atoms with Crippen LogP contribution in [0.3, 0.4) is 0 Å². The van der Waals surface area contributed by atoms with Gasteiger partial charge in [0.15, 0.2) is 0 Å². The average Bonchev–Trinajstić information content (AvgIpc) is 2.43. The molecule has 1 aromatic carbocycles. The second-order valence-corrected chi connectivity index (χ2v) is 4.99. The van der Waals surface area contributed by atoms with Crippen molar-refractivity contribution in [3.05, 3.63) is 23.8 Å². The van der Waals surface area contributed by atoms with E-state index in [1.54, 1.807) is 0 Å². The van der Waals surface area contributed by atoms with E-state index < -0.39 is 0 Å². The molecule has 1 rings (SSSR count). The third kappa shape index (κ3) is 6.06. The van der Waals surface area contributed by atoms with Crippen LogP contribution in [0.4, 0.5) is 11.4 Å². The van der Waals surface area contributed by atoms with Crippen LogP contribution in [0.1, 0.15) is 44.6 Å². The lowest BCUT2D eigenvalue weighted by atomic mass is 10.1. The Morgan fingerprint density at radius 2 is 2.05 bits per heavy atom. The number of amides is 1. The summed E-state index contributed by atoms with van der Waals surface area (Å²) in [5.74, 6) is -0.0349. The number of hydrogen-bond acceptors (Lipinski definition) is 3. The number of anilines is 2. The zero-order valence-electron chi connectivity index (χ0n) is 12.6. The van der Waals surface area contributed by atoms with Crippen molar-refractivity contribution in [3.8, 4) is 0 Å². The Balaban J connectivity index is 2.19. The molecule has 112 valence electrons. The number of nitrogen functional groups attached to an aromatic ring is 1. The van der Waals surface area contributed by atoms with Crippen molar-refractivity contribution in [2.45, 2.75) is 46.0 Å². The third-order valence-corrected chi connectivity index (χ3v) is 3.27. The Kier molecular flexibility index (Phi) is 7.73. The first-order valence-corrected chi connectivity index (χ1v) is 7.37. The van der Waals surface area contributed by atoms with E-state index in [1.807, 2.05) is 25.1 Å². The molecule has 0 heterocycles. The molecule has 0 fully saturated rings. The van der Waals surface area contributed by atoms with Crippen LogP contribution in [-0.2, 0) is 9.53 Å². The summed E-state index contributed by atoms with van der Waals surface area (Å²) in [4.78, 5) is 11.8. The highest BCUT2D eigenvalue weighted by Crippen LogP contribution is 2.20. The molecule has 0 saturated carbocycles. The molecule has 0 bridgehead atoms. The number of rotatable bonds is 9. The number of benzene rings is 1. The predicted molar refractivity (Wildman–Crippen MR) is 83.8 cm³/mol. The molecule has 0 aliphatic carbocycles. The van der Waals surface area contributed by atoms with Gasteiger partial charge in [-0.2, -0.15) is 0 Å². The number of carbonyl (C=O) groups excluding carboxylic acids is 1. The summed E-state index contributed by atoms with van der Waals surface area (Å²) in [5.41, 5.74) is 8.17. The maximum absolute atomic E-state index is 11.8. The predicted octanol–water partition coefficient (Wildman–Crippen LogP) is 3.50. The molecule has 0 radical (unpaired) electrons. The Labute approximate surface area is 121 Å². The molecule has 4 heteroatoms. The highest BCUT2D eigenvalue weighted by molar-refractivity contribution is 5.92. The topological polar surface area (TPSA) is 64.3 Å². The van der Waals surface area contributed by atoms with Crippen molar-refractivity contribution >= 4 is 17.3 Å². The Hall–Kier alpha value is -1.55. The van der Waals surface area contributed by atoms with Gasteiger partial charge in [-0.25, -0.2) is 0 Å². The number of ether oxygens (including phenoxy) is 1. The molecule has 0 aromatic heterocycles. The molecule has 3 N–H and O–H groups in total. The molecule has 0 spiro atoms. The zero-order valence-corrected chi connectivity index (χ0v) is 12.6. The Morgan fingerprint density at radius 3 is 2.80 bits per heavy atom. The lowest BCUT2D eigenvalue weighted by Gasteiger charge is -2.10. The van der Waals surface area contributed by atoms with Gasteiger partial charge in [-0.05, 0) is 31.0 Å². The first-order chi connectivity index (χ1) is 9.65. The van der Waals surface area contributed by atoms with Gasteiger partial charge in [-0.15, -0.1) is 0 Å². The molecule has 0 aliphatic heterocycles. The van der Waals surface area contributed by atoms with Gasteiger partial charge in [0, 0.05) is 18.0 Å². The van der Waals surface area contributed by atoms with Gasteiger partial charge >= 0.3 is 0 Å². The molecule has 0 saturated heterocycles. The summed E-state index contributed by atoms with van der Waals surface area (Å²) in [6, 6.07) is 5.52. The van der Waals surface area contributed by atoms with Crippen molar-refractivity contribution in [2.75, 3.05) is 24.3 Å². The highest BCUT2D eigenvalue weighted by atomic mass is 16.5. The first-order valence-electron chi connectivity index (χ1n) is 7.37. The van der Waals surface area contributed by atoms with Gasteiger partial charge in [0.05, 0.1) is 13.0 Å². The van der Waals surface area contributed by atoms with Gasteiger partial charge in [0.1, 0.15) is 0 Å². The lowest BCUT2D eigenvalue weighted by Crippen LogP contribution is -2.15. The molecule has 1 aromatic rings. The SMILES string of the molecule is CCCCCCOCCC(=O)Nc1cccc(N)c1C. The van der Waals surface area contributed by atoms with Gasteiger partial charge in [0.25, 0.3) is 0 Å². The maximum atomic E-state index is 11.8. The van der Waals surface area contributed by atoms with E-state index in [2.05, 4.69) is 12.2 Å². The summed E-state index contributed by atoms with van der Waals surface area (Å²) in [5, 5.41) is 2.86. The van der Waals surface area contributed by atoms with E-state index in [0.29, 0.717) is 18.7 Å². The quantitative estimate of drug-likeness (QED) is 0.536. The van der Waals surface area contributed by atoms with Gasteiger partial charge in [-0.1, -0.05) is 32.3 Å². The van der Waals surface area contributed by atoms with Gasteiger partial charge < -0.3 is 15.8 Å². The zero-order chi connectivity index (χ0) is 14.8. The van der Waals surface area contributed by atoms with E-state index in [1.165, 1.54) is 19.3 Å². The first kappa shape index (κ1) is 16.5. The van der Waals surface area contributed by atoms with E-state index in [4.69, 9.17) is 10.5 Å². The summed E-state index contributed by atoms with van der Waals surface area (Å²) in [7, 11) is 0. The van der Waals surface area contributed by atoms with E-state index in [0.717, 1.165) is 24.3 Å². The van der Waals surface area contributed by atoms with Crippen LogP contribution in [0.15, 0.2) is 18.2 Å². The number of nitrogens with one attached hydrogen (secondary N) is 1. The van der Waals surface area contributed by atoms with Crippen LogP contribution in [-0.4, -0.2) is 19.1 Å². The number of unbranched alkanes of at least 4 members (excludes halogenated alkanes) is 3. The summed E-state index contributed by atoms with van der Waals surface area (Å²) in [6.07, 6.45) is 5.12. The minimum Gasteiger partial charge on any atom is -0.398 e. The minimum atomic E-state index is -0.0349. The van der Waals surface area contributed by atoms with Crippen molar-refractivity contribution in [3.63, 3.8) is 0 Å². The Bertz CT molecular complexity index is 419. The van der Waals surface area contributed by atoms with Crippen LogP contribution in [0.2, 0.25) is 0 Å². The van der Waals surface area contributed by atoms with Crippen molar-refractivity contribution in [2.24, 2.45) is 0 Å². The molecule has 0 aliphatic rings. The molecule has 0 unspecified atom stereocenters. The Morgan fingerprint density at radius 1 is 1.25 bits per heavy atom. The lowest BCUT2D eigenvalue weighted by molar-refractivity contribution is -0.117. The number of carbonyl (C=O) groups is 1. The molecular formula is C16H26N2O2. The molecule has 1 amide bonds. The minimum absolute atomic E-state index is 0.0349. The largest absolute Gasteiger partial charge is 0.398 e. The summed E-state index contributed by atoms with van der Waals surface area (Å²) >= 11 is 0. The van der Waals surface area contributed by atoms with E-state index >= 15 is 0 Å². The van der Waals surface area contributed by atoms with Crippen LogP contribution >= 0.6 is 0 Å². The van der Waals surface area contributed by atoms with E-state index in [9.17, 15) is 4.79 Å². The number of nitrogens with two attached hydrogens (primary N) is 1. The van der Waals surface area contributed by atoms with Gasteiger partial charge in [-0.3, -0.25) is 4.79 Å². The fourth-order valence-electron chi connectivity index (χ4n) is 1.90. The second kappa shape index (κ2) is 9.37. The molecule has 4 nitrogen and oxygen atoms in total. The summed E-state index contributed by atoms with van der Waals surface area (Å²) < 4.78 is 5.46. The second-order valence-electron chi connectivity index (χ2n) is 4.99. The third-order valence-electron chi connectivity index (χ3n) is 3.27. The fraction of sp³-hybridized carbons (Fsp3) is 0.562. The van der Waals surface area contributed by atoms with Crippen molar-refractivity contribution in [1.82, 2.24) is 0 Å². The monoisotopic (exact) mass is 278 g/mol. The van der Waals surface area contributed by atoms with Crippen molar-refractivity contribution in [1.29, 1.82) is 0 Å². The van der Waals surface area contributed by atoms with Crippen LogP contribution in [0, 0.1) is 6.92 Å². The van der Waals surface area contributed by atoms with E-state index in [-0.39, 0.29) is 5.91 Å². The fourth-order valence-corrected chi connectivity index (χ4v) is 1.90. The maximum Gasteiger partial charge on any atom is 0.226 e. The van der Waals surface area contributed by atoms with Crippen LogP contribution in [0.25, 0.3) is 0 Å². The van der Waals surface area contributed by atoms with Crippen LogP contribution in [0.5, 0.6) is 0 Å². The molecular weight excluding hydrogens is 252 g/mol. The standard InChI is InChI=1S/C16H26N2O2/c1-3-4-5-6-11-20-12-10-16(19)18-15-9-7-8-14(17)13(15)2/h7-9H,3-6,10-12,17H2,1-2H3,(H,18,19).